The number of anilines is 1. The third-order valence-electron chi connectivity index (χ3n) is 2.53. The minimum absolute atomic E-state index is 0.109. The number of thioether (sulfide) groups is 1. The fraction of sp³-hybridized carbons (Fsp3) is 0.143. The van der Waals surface area contributed by atoms with Gasteiger partial charge in [-0.25, -0.2) is 4.98 Å². The Kier molecular flexibility index (Phi) is 5.29. The number of benzene rings is 1. The van der Waals surface area contributed by atoms with Crippen molar-refractivity contribution >= 4 is 46.6 Å². The second-order valence-electron chi connectivity index (χ2n) is 4.09. The number of pyridine rings is 1. The van der Waals surface area contributed by atoms with Crippen molar-refractivity contribution in [2.75, 3.05) is 11.1 Å². The Morgan fingerprint density at radius 1 is 1.35 bits per heavy atom. The summed E-state index contributed by atoms with van der Waals surface area (Å²) >= 11 is 13.2. The minimum Gasteiger partial charge on any atom is -0.325 e. The van der Waals surface area contributed by atoms with Crippen molar-refractivity contribution in [3.63, 3.8) is 0 Å². The Labute approximate surface area is 131 Å². The van der Waals surface area contributed by atoms with E-state index in [0.29, 0.717) is 15.1 Å². The van der Waals surface area contributed by atoms with Gasteiger partial charge in [-0.2, -0.15) is 0 Å². The number of amides is 1. The normalized spacial score (nSPS) is 10.3. The van der Waals surface area contributed by atoms with Gasteiger partial charge in [0.15, 0.2) is 0 Å². The molecular formula is C14H12Cl2N2OS. The van der Waals surface area contributed by atoms with Crippen LogP contribution in [0.15, 0.2) is 41.6 Å². The van der Waals surface area contributed by atoms with E-state index >= 15 is 0 Å². The molecule has 1 aromatic heterocycles. The van der Waals surface area contributed by atoms with Crippen LogP contribution in [0, 0.1) is 6.92 Å². The van der Waals surface area contributed by atoms with E-state index in [1.807, 2.05) is 6.92 Å². The molecule has 0 atom stereocenters. The molecule has 20 heavy (non-hydrogen) atoms. The van der Waals surface area contributed by atoms with E-state index in [4.69, 9.17) is 23.2 Å². The van der Waals surface area contributed by atoms with Crippen molar-refractivity contribution < 1.29 is 4.79 Å². The molecule has 1 amide bonds. The van der Waals surface area contributed by atoms with Crippen molar-refractivity contribution in [3.8, 4) is 0 Å². The van der Waals surface area contributed by atoms with Crippen molar-refractivity contribution in [3.05, 3.63) is 52.1 Å². The van der Waals surface area contributed by atoms with Gasteiger partial charge in [-0.05, 0) is 42.8 Å². The lowest BCUT2D eigenvalue weighted by Crippen LogP contribution is -2.14. The highest BCUT2D eigenvalue weighted by Gasteiger charge is 2.08. The summed E-state index contributed by atoms with van der Waals surface area (Å²) in [5.74, 6) is 0.140. The van der Waals surface area contributed by atoms with E-state index in [2.05, 4.69) is 10.3 Å². The van der Waals surface area contributed by atoms with E-state index in [1.54, 1.807) is 36.5 Å². The van der Waals surface area contributed by atoms with Gasteiger partial charge in [0.2, 0.25) is 5.91 Å². The Bertz CT molecular complexity index is 634. The van der Waals surface area contributed by atoms with Crippen LogP contribution in [-0.4, -0.2) is 16.6 Å². The van der Waals surface area contributed by atoms with Crippen molar-refractivity contribution in [2.45, 2.75) is 11.9 Å². The van der Waals surface area contributed by atoms with Gasteiger partial charge in [0.1, 0.15) is 5.03 Å². The predicted octanol–water partition coefficient (Wildman–Crippen LogP) is 4.43. The summed E-state index contributed by atoms with van der Waals surface area (Å²) in [6.45, 7) is 1.89. The van der Waals surface area contributed by atoms with Gasteiger partial charge in [0.25, 0.3) is 0 Å². The molecule has 1 heterocycles. The molecule has 0 radical (unpaired) electrons. The lowest BCUT2D eigenvalue weighted by Gasteiger charge is -2.08. The maximum Gasteiger partial charge on any atom is 0.234 e. The SMILES string of the molecule is Cc1cc(Cl)ccc1NC(=O)CSc1ncccc1Cl. The molecule has 104 valence electrons. The van der Waals surface area contributed by atoms with Crippen LogP contribution in [0.25, 0.3) is 0 Å². The van der Waals surface area contributed by atoms with E-state index in [-0.39, 0.29) is 11.7 Å². The number of carbonyl (C=O) groups is 1. The number of nitrogens with zero attached hydrogens (tertiary/aromatic N) is 1. The van der Waals surface area contributed by atoms with Gasteiger partial charge in [0, 0.05) is 16.9 Å². The van der Waals surface area contributed by atoms with Gasteiger partial charge in [0.05, 0.1) is 10.8 Å². The van der Waals surface area contributed by atoms with Gasteiger partial charge in [-0.3, -0.25) is 4.79 Å². The number of aryl methyl sites for hydroxylation is 1. The molecule has 0 fully saturated rings. The summed E-state index contributed by atoms with van der Waals surface area (Å²) in [6.07, 6.45) is 1.65. The number of hydrogen-bond donors (Lipinski definition) is 1. The third kappa shape index (κ3) is 4.13. The Morgan fingerprint density at radius 3 is 2.85 bits per heavy atom. The maximum absolute atomic E-state index is 11.9. The minimum atomic E-state index is -0.109. The molecule has 3 nitrogen and oxygen atoms in total. The standard InChI is InChI=1S/C14H12Cl2N2OS/c1-9-7-10(15)4-5-12(9)18-13(19)8-20-14-11(16)3-2-6-17-14/h2-7H,8H2,1H3,(H,18,19). The highest BCUT2D eigenvalue weighted by Crippen LogP contribution is 2.24. The summed E-state index contributed by atoms with van der Waals surface area (Å²) in [7, 11) is 0. The topological polar surface area (TPSA) is 42.0 Å². The fourth-order valence-electron chi connectivity index (χ4n) is 1.56. The van der Waals surface area contributed by atoms with Gasteiger partial charge >= 0.3 is 0 Å². The van der Waals surface area contributed by atoms with Gasteiger partial charge in [-0.1, -0.05) is 35.0 Å². The number of carbonyl (C=O) groups excluding carboxylic acids is 1. The van der Waals surface area contributed by atoms with Crippen LogP contribution in [-0.2, 0) is 4.79 Å². The molecule has 0 unspecified atom stereocenters. The molecule has 0 aliphatic rings. The van der Waals surface area contributed by atoms with Crippen LogP contribution in [0.5, 0.6) is 0 Å². The zero-order chi connectivity index (χ0) is 14.5. The first-order chi connectivity index (χ1) is 9.56. The summed E-state index contributed by atoms with van der Waals surface area (Å²) in [6, 6.07) is 8.84. The van der Waals surface area contributed by atoms with Crippen molar-refractivity contribution in [1.82, 2.24) is 4.98 Å². The summed E-state index contributed by atoms with van der Waals surface area (Å²) in [5.41, 5.74) is 1.68. The van der Waals surface area contributed by atoms with Crippen LogP contribution in [0.2, 0.25) is 10.0 Å². The highest BCUT2D eigenvalue weighted by atomic mass is 35.5. The van der Waals surface area contributed by atoms with Gasteiger partial charge < -0.3 is 5.32 Å². The average Bonchev–Trinajstić information content (AvgIpc) is 2.41. The highest BCUT2D eigenvalue weighted by molar-refractivity contribution is 8.00. The molecule has 0 bridgehead atoms. The number of rotatable bonds is 4. The molecule has 1 aromatic carbocycles. The predicted molar refractivity (Wildman–Crippen MR) is 84.8 cm³/mol. The monoisotopic (exact) mass is 326 g/mol. The molecule has 0 saturated carbocycles. The molecule has 2 rings (SSSR count). The number of aromatic nitrogens is 1. The third-order valence-corrected chi connectivity index (χ3v) is 4.18. The van der Waals surface area contributed by atoms with E-state index < -0.39 is 0 Å². The van der Waals surface area contributed by atoms with Crippen LogP contribution >= 0.6 is 35.0 Å². The smallest absolute Gasteiger partial charge is 0.234 e. The molecule has 6 heteroatoms. The molecule has 0 spiro atoms. The number of halogens is 2. The van der Waals surface area contributed by atoms with E-state index in [0.717, 1.165) is 11.3 Å². The molecule has 2 aromatic rings. The Balaban J connectivity index is 1.94. The summed E-state index contributed by atoms with van der Waals surface area (Å²) in [4.78, 5) is 16.0. The average molecular weight is 327 g/mol. The van der Waals surface area contributed by atoms with Crippen molar-refractivity contribution in [1.29, 1.82) is 0 Å². The zero-order valence-corrected chi connectivity index (χ0v) is 13.0. The molecule has 0 aliphatic carbocycles. The molecule has 0 aliphatic heterocycles. The van der Waals surface area contributed by atoms with Crippen LogP contribution < -0.4 is 5.32 Å². The first-order valence-electron chi connectivity index (χ1n) is 5.85. The molecule has 0 saturated heterocycles. The lowest BCUT2D eigenvalue weighted by atomic mass is 10.2. The van der Waals surface area contributed by atoms with E-state index in [9.17, 15) is 4.79 Å². The van der Waals surface area contributed by atoms with Crippen molar-refractivity contribution in [2.24, 2.45) is 0 Å². The summed E-state index contributed by atoms with van der Waals surface area (Å²) in [5, 5.41) is 4.69. The second kappa shape index (κ2) is 6.97. The zero-order valence-electron chi connectivity index (χ0n) is 10.7. The van der Waals surface area contributed by atoms with E-state index in [1.165, 1.54) is 11.8 Å². The van der Waals surface area contributed by atoms with Gasteiger partial charge in [-0.15, -0.1) is 0 Å². The van der Waals surface area contributed by atoms with Crippen LogP contribution in [0.1, 0.15) is 5.56 Å². The first kappa shape index (κ1) is 15.2. The molecule has 1 N–H and O–H groups in total. The van der Waals surface area contributed by atoms with Crippen LogP contribution in [0.3, 0.4) is 0 Å². The Morgan fingerprint density at radius 2 is 2.15 bits per heavy atom. The number of hydrogen-bond acceptors (Lipinski definition) is 3. The quantitative estimate of drug-likeness (QED) is 0.845. The second-order valence-corrected chi connectivity index (χ2v) is 5.89. The summed E-state index contributed by atoms with van der Waals surface area (Å²) < 4.78 is 0. The van der Waals surface area contributed by atoms with Crippen LogP contribution in [0.4, 0.5) is 5.69 Å². The largest absolute Gasteiger partial charge is 0.325 e. The molecular weight excluding hydrogens is 315 g/mol. The number of nitrogens with one attached hydrogen (secondary N) is 1. The Hall–Kier alpha value is -1.23. The lowest BCUT2D eigenvalue weighted by molar-refractivity contribution is -0.113. The fourth-order valence-corrected chi connectivity index (χ4v) is 2.76. The first-order valence-corrected chi connectivity index (χ1v) is 7.60. The maximum atomic E-state index is 11.9.